The first-order valence-corrected chi connectivity index (χ1v) is 25.9. The lowest BCUT2D eigenvalue weighted by Crippen LogP contribution is -2.65. The van der Waals surface area contributed by atoms with Crippen LogP contribution in [0.5, 0.6) is 0 Å². The van der Waals surface area contributed by atoms with Crippen LogP contribution in [0.2, 0.25) is 0 Å². The van der Waals surface area contributed by atoms with Gasteiger partial charge >= 0.3 is 5.97 Å². The first kappa shape index (κ1) is 63.5. The monoisotopic (exact) mass is 1110 g/mol. The highest BCUT2D eigenvalue weighted by atomic mass is 32.1. The van der Waals surface area contributed by atoms with Crippen LogP contribution in [0.4, 0.5) is 0 Å². The van der Waals surface area contributed by atoms with Gasteiger partial charge in [-0.2, -0.15) is 25.3 Å². The van der Waals surface area contributed by atoms with E-state index in [1.54, 1.807) is 54.7 Å². The van der Waals surface area contributed by atoms with E-state index in [0.29, 0.717) is 24.1 Å². The number of aromatic nitrogens is 1. The summed E-state index contributed by atoms with van der Waals surface area (Å²) < 4.78 is 0. The number of carboxylic acid groups (broad SMARTS) is 1. The van der Waals surface area contributed by atoms with E-state index in [4.69, 9.17) is 39.2 Å². The number of para-hydroxylation sites is 1. The maximum Gasteiger partial charge on any atom is 0.327 e. The lowest BCUT2D eigenvalue weighted by atomic mass is 9.90. The molecule has 8 atom stereocenters. The highest BCUT2D eigenvalue weighted by Gasteiger charge is 2.40. The third kappa shape index (κ3) is 21.8. The smallest absolute Gasteiger partial charge is 0.327 e. The van der Waals surface area contributed by atoms with Gasteiger partial charge in [0, 0.05) is 61.1 Å². The summed E-state index contributed by atoms with van der Waals surface area (Å²) in [5.74, 6) is -8.47. The van der Waals surface area contributed by atoms with Crippen LogP contribution >= 0.6 is 25.3 Å². The Kier molecular flexibility index (Phi) is 26.3. The molecule has 2 aromatic carbocycles. The number of aromatic amines is 1. The normalized spacial score (nSPS) is 14.5. The number of nitrogens with two attached hydrogens (primary N) is 4. The van der Waals surface area contributed by atoms with Crippen LogP contribution in [-0.4, -0.2) is 154 Å². The van der Waals surface area contributed by atoms with Crippen molar-refractivity contribution in [1.82, 2.24) is 58.2 Å². The maximum absolute atomic E-state index is 14.9. The summed E-state index contributed by atoms with van der Waals surface area (Å²) in [6.07, 6.45) is 2.09. The van der Waals surface area contributed by atoms with Crippen molar-refractivity contribution in [1.29, 1.82) is 16.2 Å². The van der Waals surface area contributed by atoms with Gasteiger partial charge in [0.25, 0.3) is 0 Å². The van der Waals surface area contributed by atoms with Crippen molar-refractivity contribution < 1.29 is 43.5 Å². The Bertz CT molecular complexity index is 2540. The van der Waals surface area contributed by atoms with Crippen LogP contribution in [-0.2, 0) is 51.2 Å². The molecule has 0 spiro atoms. The molecule has 27 nitrogen and oxygen atoms in total. The zero-order chi connectivity index (χ0) is 57.2. The number of carbonyl (C=O) groups is 8. The molecule has 23 N–H and O–H groups in total. The average molecular weight is 1110 g/mol. The fraction of sp³-hybridized carbons (Fsp3) is 0.479. The van der Waals surface area contributed by atoms with E-state index in [9.17, 15) is 43.5 Å². The number of hydrogen-bond donors (Lipinski definition) is 21. The van der Waals surface area contributed by atoms with Crippen LogP contribution in [0.25, 0.3) is 10.9 Å². The molecule has 77 heavy (non-hydrogen) atoms. The summed E-state index contributed by atoms with van der Waals surface area (Å²) in [5, 5.41) is 59.1. The maximum atomic E-state index is 14.9. The topological polar surface area (TPSA) is 469 Å². The van der Waals surface area contributed by atoms with Crippen molar-refractivity contribution >= 4 is 101 Å². The van der Waals surface area contributed by atoms with Gasteiger partial charge in [0.1, 0.15) is 41.8 Å². The molecule has 0 unspecified atom stereocenters. The van der Waals surface area contributed by atoms with Gasteiger partial charge in [-0.15, -0.1) is 0 Å². The van der Waals surface area contributed by atoms with Crippen LogP contribution in [0.3, 0.4) is 0 Å². The van der Waals surface area contributed by atoms with Crippen LogP contribution < -0.4 is 76.1 Å². The van der Waals surface area contributed by atoms with Gasteiger partial charge in [0.15, 0.2) is 17.9 Å². The molecule has 0 bridgehead atoms. The molecule has 1 heterocycles. The first-order valence-electron chi connectivity index (χ1n) is 24.7. The third-order valence-corrected chi connectivity index (χ3v) is 12.7. The van der Waals surface area contributed by atoms with Gasteiger partial charge in [0.2, 0.25) is 41.4 Å². The summed E-state index contributed by atoms with van der Waals surface area (Å²) in [7, 11) is 0. The molecule has 0 aliphatic heterocycles. The highest BCUT2D eigenvalue weighted by molar-refractivity contribution is 7.80. The SMILES string of the molecule is C[C@@H](NC(=O)[C@H](CS)NC(=O)[C@@H](N)CCCNC(=N)N)C(=O)N[C@@H](CCCNC(=N)N)C(=O)N[C@](C)(Cc1ccccc1)C(=O)N[C@@H](CCCNC(=N)N)C(=O)N[C@H](Cc1c[nH]c2ccccc12)C(=O)N[C@@H](CS)C(=O)O. The number of thiol groups is 2. The molecule has 3 aromatic rings. The number of H-pyrrole nitrogens is 1. The van der Waals surface area contributed by atoms with Gasteiger partial charge in [-0.25, -0.2) is 4.79 Å². The second kappa shape index (κ2) is 31.9. The quantitative estimate of drug-likeness (QED) is 0.0124. The van der Waals surface area contributed by atoms with Crippen molar-refractivity contribution in [2.45, 2.75) is 113 Å². The Labute approximate surface area is 456 Å². The number of aliphatic carboxylic acids is 1. The van der Waals surface area contributed by atoms with E-state index in [1.165, 1.54) is 13.8 Å². The molecule has 29 heteroatoms. The number of hydrogen-bond acceptors (Lipinski definition) is 14. The number of carboxylic acids is 1. The van der Waals surface area contributed by atoms with Gasteiger partial charge < -0.3 is 86.2 Å². The Hall–Kier alpha value is -7.79. The number of fused-ring (bicyclic) bond motifs is 1. The zero-order valence-electron chi connectivity index (χ0n) is 42.9. The van der Waals surface area contributed by atoms with Crippen molar-refractivity contribution in [3.63, 3.8) is 0 Å². The molecule has 0 aliphatic rings. The minimum atomic E-state index is -1.89. The lowest BCUT2D eigenvalue weighted by molar-refractivity contribution is -0.141. The largest absolute Gasteiger partial charge is 0.480 e. The van der Waals surface area contributed by atoms with E-state index in [2.05, 4.69) is 83.4 Å². The minimum absolute atomic E-state index is 0.0826. The molecule has 0 saturated carbocycles. The number of guanidine groups is 3. The Morgan fingerprint density at radius 2 is 1.09 bits per heavy atom. The Balaban J connectivity index is 1.95. The van der Waals surface area contributed by atoms with Crippen LogP contribution in [0.1, 0.15) is 63.5 Å². The van der Waals surface area contributed by atoms with Gasteiger partial charge in [-0.3, -0.25) is 49.8 Å². The molecule has 422 valence electrons. The number of carbonyl (C=O) groups excluding carboxylic acids is 7. The predicted octanol–water partition coefficient (Wildman–Crippen LogP) is -3.18. The van der Waals surface area contributed by atoms with Gasteiger partial charge in [-0.05, 0) is 69.6 Å². The molecule has 0 radical (unpaired) electrons. The molecule has 7 amide bonds. The standard InChI is InChI=1S/C48H74N18O9S2/c1-26(60-41(71)35(24-76)63-38(68)30(49)14-8-18-56-45(50)51)37(67)61-33(17-10-20-58-47(54)55)42(72)66-48(2,22-27-11-4-3-5-12-27)44(75)65-32(16-9-19-57-46(52)53)39(69)62-34(40(70)64-36(25-77)43(73)74)21-28-23-59-31-15-7-6-13-29(28)31/h3-7,11-13,15,23,26,30,32-36,59,76-77H,8-10,14,16-22,24-25,49H2,1-2H3,(H,60,71)(H,61,67)(H,62,69)(H,63,68)(H,64,70)(H,65,75)(H,66,72)(H,73,74)(H4,50,51,56)(H4,52,53,57)(H4,54,55,58)/t26-,30+,32+,33+,34-,35+,36+,48-/m1/s1. The second-order valence-electron chi connectivity index (χ2n) is 18.3. The molecule has 0 aliphatic carbocycles. The van der Waals surface area contributed by atoms with Crippen molar-refractivity contribution in [3.8, 4) is 0 Å². The fourth-order valence-corrected chi connectivity index (χ4v) is 8.25. The summed E-state index contributed by atoms with van der Waals surface area (Å²) >= 11 is 8.26. The van der Waals surface area contributed by atoms with E-state index in [-0.39, 0.29) is 87.4 Å². The summed E-state index contributed by atoms with van der Waals surface area (Å²) in [6.45, 7) is 3.24. The van der Waals surface area contributed by atoms with Crippen molar-refractivity contribution in [3.05, 3.63) is 71.9 Å². The number of nitrogens with one attached hydrogen (secondary N) is 14. The van der Waals surface area contributed by atoms with Gasteiger partial charge in [0.05, 0.1) is 6.04 Å². The number of rotatable bonds is 33. The first-order chi connectivity index (χ1) is 36.5. The fourth-order valence-electron chi connectivity index (χ4n) is 7.74. The van der Waals surface area contributed by atoms with Crippen LogP contribution in [0, 0.1) is 16.2 Å². The van der Waals surface area contributed by atoms with Crippen molar-refractivity contribution in [2.75, 3.05) is 31.1 Å². The van der Waals surface area contributed by atoms with Gasteiger partial charge in [-0.1, -0.05) is 48.5 Å². The third-order valence-electron chi connectivity index (χ3n) is 12.0. The molecule has 3 rings (SSSR count). The lowest BCUT2D eigenvalue weighted by Gasteiger charge is -2.34. The van der Waals surface area contributed by atoms with E-state index in [0.717, 1.165) is 10.9 Å². The Morgan fingerprint density at radius 3 is 1.65 bits per heavy atom. The summed E-state index contributed by atoms with van der Waals surface area (Å²) in [5.41, 5.74) is 22.3. The zero-order valence-corrected chi connectivity index (χ0v) is 44.7. The molecule has 0 saturated heterocycles. The molecule has 1 aromatic heterocycles. The van der Waals surface area contributed by atoms with E-state index in [1.807, 2.05) is 6.07 Å². The van der Waals surface area contributed by atoms with E-state index < -0.39 is 95.2 Å². The molecular weight excluding hydrogens is 1040 g/mol. The van der Waals surface area contributed by atoms with Crippen LogP contribution in [0.15, 0.2) is 60.8 Å². The van der Waals surface area contributed by atoms with Crippen molar-refractivity contribution in [2.24, 2.45) is 22.9 Å². The Morgan fingerprint density at radius 1 is 0.610 bits per heavy atom. The van der Waals surface area contributed by atoms with E-state index >= 15 is 0 Å². The summed E-state index contributed by atoms with van der Waals surface area (Å²) in [4.78, 5) is 113. The number of benzene rings is 2. The second-order valence-corrected chi connectivity index (χ2v) is 19.0. The predicted molar refractivity (Wildman–Crippen MR) is 297 cm³/mol. The molecular formula is C48H74N18O9S2. The minimum Gasteiger partial charge on any atom is -0.480 e. The molecule has 0 fully saturated rings. The summed E-state index contributed by atoms with van der Waals surface area (Å²) in [6, 6.07) is 6.63. The average Bonchev–Trinajstić information content (AvgIpc) is 3.79. The number of amides is 7. The highest BCUT2D eigenvalue weighted by Crippen LogP contribution is 2.20.